The Morgan fingerprint density at radius 2 is 2.00 bits per heavy atom. The van der Waals surface area contributed by atoms with Gasteiger partial charge in [-0.3, -0.25) is 9.59 Å². The number of rotatable bonds is 5. The van der Waals surface area contributed by atoms with Crippen molar-refractivity contribution in [1.82, 2.24) is 14.6 Å². The van der Waals surface area contributed by atoms with Crippen LogP contribution in [0.15, 0.2) is 53.3 Å². The highest BCUT2D eigenvalue weighted by atomic mass is 32.1. The standard InChI is InChI=1S/C21H16N4O5S/c22-18(26)11-28-13-7-5-12(6-8-13)9-17-20(27)25-21(31-17)23-19(24-25)16-10-29-14-3-1-2-4-15(14)30-16/h1-9,16H,10-11H2,(H2,22,26)/b17-9-. The van der Waals surface area contributed by atoms with Gasteiger partial charge in [-0.15, -0.1) is 5.10 Å². The van der Waals surface area contributed by atoms with E-state index in [1.54, 1.807) is 30.3 Å². The van der Waals surface area contributed by atoms with Crippen molar-refractivity contribution in [2.75, 3.05) is 13.2 Å². The highest BCUT2D eigenvalue weighted by Crippen LogP contribution is 2.35. The summed E-state index contributed by atoms with van der Waals surface area (Å²) in [5.41, 5.74) is 5.60. The summed E-state index contributed by atoms with van der Waals surface area (Å²) in [5, 5.41) is 4.34. The van der Waals surface area contributed by atoms with E-state index in [0.29, 0.717) is 32.6 Å². The molecule has 1 unspecified atom stereocenters. The van der Waals surface area contributed by atoms with Crippen LogP contribution < -0.4 is 30.0 Å². The van der Waals surface area contributed by atoms with Crippen molar-refractivity contribution in [3.8, 4) is 17.2 Å². The average Bonchev–Trinajstić information content (AvgIpc) is 3.32. The zero-order chi connectivity index (χ0) is 21.4. The van der Waals surface area contributed by atoms with Crippen LogP contribution in [0.3, 0.4) is 0 Å². The zero-order valence-electron chi connectivity index (χ0n) is 16.1. The first kappa shape index (κ1) is 19.1. The topological polar surface area (TPSA) is 118 Å². The lowest BCUT2D eigenvalue weighted by atomic mass is 10.2. The number of ether oxygens (including phenoxy) is 3. The van der Waals surface area contributed by atoms with Crippen LogP contribution in [0.2, 0.25) is 0 Å². The van der Waals surface area contributed by atoms with Crippen molar-refractivity contribution in [1.29, 1.82) is 0 Å². The van der Waals surface area contributed by atoms with Crippen LogP contribution in [0.4, 0.5) is 0 Å². The lowest BCUT2D eigenvalue weighted by molar-refractivity contribution is -0.119. The molecule has 3 heterocycles. The molecule has 1 aliphatic heterocycles. The Morgan fingerprint density at radius 3 is 2.74 bits per heavy atom. The number of primary amides is 1. The average molecular weight is 436 g/mol. The first-order valence-electron chi connectivity index (χ1n) is 9.38. The van der Waals surface area contributed by atoms with Gasteiger partial charge in [0.2, 0.25) is 4.96 Å². The number of hydrogen-bond acceptors (Lipinski definition) is 8. The molecule has 10 heteroatoms. The van der Waals surface area contributed by atoms with E-state index in [-0.39, 0.29) is 18.8 Å². The van der Waals surface area contributed by atoms with E-state index < -0.39 is 12.0 Å². The Kier molecular flexibility index (Phi) is 4.75. The van der Waals surface area contributed by atoms with Gasteiger partial charge in [0.15, 0.2) is 30.0 Å². The Bertz CT molecular complexity index is 1380. The van der Waals surface area contributed by atoms with Gasteiger partial charge >= 0.3 is 0 Å². The molecule has 1 atom stereocenters. The largest absolute Gasteiger partial charge is 0.485 e. The monoisotopic (exact) mass is 436 g/mol. The fourth-order valence-electron chi connectivity index (χ4n) is 3.10. The second-order valence-corrected chi connectivity index (χ2v) is 7.78. The minimum absolute atomic E-state index is 0.189. The summed E-state index contributed by atoms with van der Waals surface area (Å²) in [7, 11) is 0. The second kappa shape index (κ2) is 7.73. The maximum Gasteiger partial charge on any atom is 0.291 e. The normalized spacial score (nSPS) is 15.9. The minimum atomic E-state index is -0.546. The molecule has 0 aliphatic carbocycles. The van der Waals surface area contributed by atoms with Crippen molar-refractivity contribution in [2.24, 2.45) is 5.73 Å². The molecule has 0 saturated heterocycles. The van der Waals surface area contributed by atoms with Crippen LogP contribution in [-0.2, 0) is 4.79 Å². The summed E-state index contributed by atoms with van der Waals surface area (Å²) in [6.07, 6.45) is 1.26. The number of carbonyl (C=O) groups excluding carboxylic acids is 1. The number of fused-ring (bicyclic) bond motifs is 2. The summed E-state index contributed by atoms with van der Waals surface area (Å²) in [5.74, 6) is 1.67. The van der Waals surface area contributed by atoms with Crippen molar-refractivity contribution in [2.45, 2.75) is 6.10 Å². The predicted molar refractivity (Wildman–Crippen MR) is 112 cm³/mol. The Morgan fingerprint density at radius 1 is 1.23 bits per heavy atom. The van der Waals surface area contributed by atoms with Crippen molar-refractivity contribution >= 4 is 28.3 Å². The number of para-hydroxylation sites is 2. The fourth-order valence-corrected chi connectivity index (χ4v) is 4.01. The molecule has 5 rings (SSSR count). The molecule has 31 heavy (non-hydrogen) atoms. The van der Waals surface area contributed by atoms with E-state index in [0.717, 1.165) is 5.56 Å². The van der Waals surface area contributed by atoms with Crippen molar-refractivity contribution in [3.63, 3.8) is 0 Å². The Hall–Kier alpha value is -3.92. The number of amides is 1. The zero-order valence-corrected chi connectivity index (χ0v) is 16.9. The summed E-state index contributed by atoms with van der Waals surface area (Å²) < 4.78 is 18.6. The number of nitrogens with zero attached hydrogens (tertiary/aromatic N) is 3. The van der Waals surface area contributed by atoms with E-state index >= 15 is 0 Å². The minimum Gasteiger partial charge on any atom is -0.485 e. The Balaban J connectivity index is 1.39. The molecule has 0 bridgehead atoms. The van der Waals surface area contributed by atoms with E-state index in [1.807, 2.05) is 24.3 Å². The maximum atomic E-state index is 12.8. The molecular weight excluding hydrogens is 420 g/mol. The summed E-state index contributed by atoms with van der Waals surface area (Å²) in [6.45, 7) is 0.0808. The number of aromatic nitrogens is 3. The lowest BCUT2D eigenvalue weighted by Gasteiger charge is -2.24. The molecule has 9 nitrogen and oxygen atoms in total. The molecular formula is C21H16N4O5S. The molecule has 1 aliphatic rings. The molecule has 2 aromatic heterocycles. The lowest BCUT2D eigenvalue weighted by Crippen LogP contribution is -2.26. The van der Waals surface area contributed by atoms with Crippen LogP contribution in [0, 0.1) is 0 Å². The number of benzene rings is 2. The highest BCUT2D eigenvalue weighted by molar-refractivity contribution is 7.15. The number of carbonyl (C=O) groups is 1. The predicted octanol–water partition coefficient (Wildman–Crippen LogP) is 1.08. The third kappa shape index (κ3) is 3.80. The van der Waals surface area contributed by atoms with Gasteiger partial charge in [-0.2, -0.15) is 9.50 Å². The first-order chi connectivity index (χ1) is 15.1. The van der Waals surface area contributed by atoms with Gasteiger partial charge in [-0.1, -0.05) is 35.6 Å². The van der Waals surface area contributed by atoms with Gasteiger partial charge in [0.05, 0.1) is 4.53 Å². The van der Waals surface area contributed by atoms with Crippen LogP contribution in [-0.4, -0.2) is 33.7 Å². The summed E-state index contributed by atoms with van der Waals surface area (Å²) in [6, 6.07) is 14.3. The van der Waals surface area contributed by atoms with Gasteiger partial charge in [0.25, 0.3) is 11.5 Å². The number of nitrogens with two attached hydrogens (primary N) is 1. The van der Waals surface area contributed by atoms with E-state index in [1.165, 1.54) is 15.9 Å². The third-order valence-corrected chi connectivity index (χ3v) is 5.51. The van der Waals surface area contributed by atoms with Crippen molar-refractivity contribution in [3.05, 3.63) is 74.8 Å². The van der Waals surface area contributed by atoms with E-state index in [4.69, 9.17) is 19.9 Å². The van der Waals surface area contributed by atoms with Crippen LogP contribution in [0.25, 0.3) is 11.0 Å². The fraction of sp³-hybridized carbons (Fsp3) is 0.143. The molecule has 0 saturated carbocycles. The smallest absolute Gasteiger partial charge is 0.291 e. The van der Waals surface area contributed by atoms with Gasteiger partial charge in [-0.25, -0.2) is 0 Å². The van der Waals surface area contributed by atoms with Gasteiger partial charge < -0.3 is 19.9 Å². The quantitative estimate of drug-likeness (QED) is 0.497. The maximum absolute atomic E-state index is 12.8. The molecule has 1 amide bonds. The molecule has 0 fully saturated rings. The van der Waals surface area contributed by atoms with Crippen LogP contribution in [0.5, 0.6) is 17.2 Å². The number of hydrogen-bond donors (Lipinski definition) is 1. The van der Waals surface area contributed by atoms with Crippen molar-refractivity contribution < 1.29 is 19.0 Å². The molecule has 156 valence electrons. The highest BCUT2D eigenvalue weighted by Gasteiger charge is 2.27. The van der Waals surface area contributed by atoms with Crippen LogP contribution in [0.1, 0.15) is 17.5 Å². The summed E-state index contributed by atoms with van der Waals surface area (Å²) in [4.78, 5) is 28.5. The molecule has 0 spiro atoms. The molecule has 2 N–H and O–H groups in total. The molecule has 4 aromatic rings. The van der Waals surface area contributed by atoms with Gasteiger partial charge in [-0.05, 0) is 35.9 Å². The first-order valence-corrected chi connectivity index (χ1v) is 10.2. The van der Waals surface area contributed by atoms with Gasteiger partial charge in [0, 0.05) is 0 Å². The third-order valence-electron chi connectivity index (χ3n) is 4.55. The second-order valence-electron chi connectivity index (χ2n) is 6.77. The number of thiazole rings is 1. The van der Waals surface area contributed by atoms with Gasteiger partial charge in [0.1, 0.15) is 12.4 Å². The Labute approximate surface area is 179 Å². The SMILES string of the molecule is NC(=O)COc1ccc(/C=c2\sc3nc(C4COc5ccccc5O4)nn3c2=O)cc1. The summed E-state index contributed by atoms with van der Waals surface area (Å²) >= 11 is 1.24. The van der Waals surface area contributed by atoms with E-state index in [9.17, 15) is 9.59 Å². The molecule has 0 radical (unpaired) electrons. The molecule has 2 aromatic carbocycles. The van der Waals surface area contributed by atoms with E-state index in [2.05, 4.69) is 10.1 Å². The van der Waals surface area contributed by atoms with Crippen LogP contribution >= 0.6 is 11.3 Å².